The number of rotatable bonds is 6. The number of aryl methyl sites for hydroxylation is 2. The van der Waals surface area contributed by atoms with E-state index in [2.05, 4.69) is 16.5 Å². The number of aliphatic hydroxyl groups excluding tert-OH is 1. The molecule has 2 N–H and O–H groups in total. The maximum Gasteiger partial charge on any atom is 0.220 e. The second-order valence-corrected chi connectivity index (χ2v) is 7.42. The highest BCUT2D eigenvalue weighted by atomic mass is 16.5. The molecular formula is C20H25N3O3. The van der Waals surface area contributed by atoms with Gasteiger partial charge in [0.2, 0.25) is 5.91 Å². The average Bonchev–Trinajstić information content (AvgIpc) is 3.23. The quantitative estimate of drug-likeness (QED) is 0.830. The van der Waals surface area contributed by atoms with Gasteiger partial charge in [-0.15, -0.1) is 0 Å². The molecule has 1 aliphatic carbocycles. The van der Waals surface area contributed by atoms with Gasteiger partial charge in [-0.05, 0) is 54.0 Å². The number of nitrogens with one attached hydrogen (secondary N) is 1. The number of fused-ring (bicyclic) bond motifs is 1. The maximum atomic E-state index is 12.5. The fraction of sp³-hybridized carbons (Fsp3) is 0.500. The van der Waals surface area contributed by atoms with E-state index < -0.39 is 0 Å². The van der Waals surface area contributed by atoms with Crippen molar-refractivity contribution in [3.63, 3.8) is 0 Å². The van der Waals surface area contributed by atoms with Gasteiger partial charge in [0.15, 0.2) is 0 Å². The smallest absolute Gasteiger partial charge is 0.220 e. The van der Waals surface area contributed by atoms with Gasteiger partial charge >= 0.3 is 0 Å². The van der Waals surface area contributed by atoms with Crippen LogP contribution in [0.4, 0.5) is 0 Å². The van der Waals surface area contributed by atoms with E-state index in [0.29, 0.717) is 12.8 Å². The van der Waals surface area contributed by atoms with Crippen LogP contribution in [-0.4, -0.2) is 33.5 Å². The van der Waals surface area contributed by atoms with E-state index >= 15 is 0 Å². The number of benzene rings is 1. The molecule has 1 amide bonds. The van der Waals surface area contributed by atoms with E-state index in [1.54, 1.807) is 10.9 Å². The number of aromatic nitrogens is 2. The van der Waals surface area contributed by atoms with E-state index in [-0.39, 0.29) is 24.0 Å². The summed E-state index contributed by atoms with van der Waals surface area (Å²) in [6.07, 6.45) is 7.00. The number of hydrogen-bond donors (Lipinski definition) is 2. The lowest BCUT2D eigenvalue weighted by Crippen LogP contribution is -2.41. The van der Waals surface area contributed by atoms with Gasteiger partial charge < -0.3 is 15.2 Å². The molecule has 4 rings (SSSR count). The third-order valence-electron chi connectivity index (χ3n) is 5.41. The van der Waals surface area contributed by atoms with E-state index in [0.717, 1.165) is 42.7 Å². The SMILES string of the molecule is Cn1cc(CCC(=O)NC(c2ccc3c(c2)CCO3)C2CC(O)C2)cn1. The Labute approximate surface area is 153 Å². The number of hydrogen-bond acceptors (Lipinski definition) is 4. The molecule has 1 aliphatic heterocycles. The van der Waals surface area contributed by atoms with Crippen LogP contribution in [0.15, 0.2) is 30.6 Å². The van der Waals surface area contributed by atoms with Crippen molar-refractivity contribution in [3.05, 3.63) is 47.3 Å². The Balaban J connectivity index is 1.44. The molecule has 1 unspecified atom stereocenters. The minimum Gasteiger partial charge on any atom is -0.493 e. The predicted octanol–water partition coefficient (Wildman–Crippen LogP) is 1.92. The monoisotopic (exact) mass is 355 g/mol. The highest BCUT2D eigenvalue weighted by molar-refractivity contribution is 5.76. The molecule has 0 radical (unpaired) electrons. The van der Waals surface area contributed by atoms with Crippen LogP contribution in [0.25, 0.3) is 0 Å². The van der Waals surface area contributed by atoms with Crippen LogP contribution in [0.3, 0.4) is 0 Å². The Hall–Kier alpha value is -2.34. The fourth-order valence-electron chi connectivity index (χ4n) is 3.88. The molecule has 0 saturated heterocycles. The molecule has 0 spiro atoms. The van der Waals surface area contributed by atoms with E-state index in [4.69, 9.17) is 4.74 Å². The molecule has 1 aromatic heterocycles. The highest BCUT2D eigenvalue weighted by Gasteiger charge is 2.36. The summed E-state index contributed by atoms with van der Waals surface area (Å²) in [4.78, 5) is 12.5. The highest BCUT2D eigenvalue weighted by Crippen LogP contribution is 2.39. The van der Waals surface area contributed by atoms with E-state index in [9.17, 15) is 9.90 Å². The average molecular weight is 355 g/mol. The van der Waals surface area contributed by atoms with Gasteiger partial charge in [0.25, 0.3) is 0 Å². The number of carbonyl (C=O) groups excluding carboxylic acids is 1. The van der Waals surface area contributed by atoms with Gasteiger partial charge in [-0.3, -0.25) is 9.48 Å². The Morgan fingerprint density at radius 1 is 1.46 bits per heavy atom. The van der Waals surface area contributed by atoms with Crippen LogP contribution in [-0.2, 0) is 24.7 Å². The number of amides is 1. The molecule has 2 heterocycles. The fourth-order valence-corrected chi connectivity index (χ4v) is 3.88. The Morgan fingerprint density at radius 3 is 3.04 bits per heavy atom. The summed E-state index contributed by atoms with van der Waals surface area (Å²) in [5.41, 5.74) is 3.38. The van der Waals surface area contributed by atoms with Crippen molar-refractivity contribution >= 4 is 5.91 Å². The summed E-state index contributed by atoms with van der Waals surface area (Å²) in [5, 5.41) is 17.1. The van der Waals surface area contributed by atoms with Gasteiger partial charge in [-0.25, -0.2) is 0 Å². The van der Waals surface area contributed by atoms with Crippen LogP contribution in [0.1, 0.15) is 42.0 Å². The topological polar surface area (TPSA) is 76.4 Å². The van der Waals surface area contributed by atoms with Crippen molar-refractivity contribution in [2.24, 2.45) is 13.0 Å². The molecule has 1 saturated carbocycles. The number of nitrogens with zero attached hydrogens (tertiary/aromatic N) is 2. The Bertz CT molecular complexity index is 795. The van der Waals surface area contributed by atoms with Gasteiger partial charge in [-0.2, -0.15) is 5.10 Å². The number of aliphatic hydroxyl groups is 1. The van der Waals surface area contributed by atoms with Crippen molar-refractivity contribution in [2.45, 2.75) is 44.2 Å². The van der Waals surface area contributed by atoms with Crippen LogP contribution in [0.2, 0.25) is 0 Å². The predicted molar refractivity (Wildman–Crippen MR) is 96.8 cm³/mol. The zero-order valence-corrected chi connectivity index (χ0v) is 15.0. The van der Waals surface area contributed by atoms with Crippen LogP contribution >= 0.6 is 0 Å². The molecule has 1 aromatic carbocycles. The van der Waals surface area contributed by atoms with Crippen molar-refractivity contribution < 1.29 is 14.6 Å². The molecular weight excluding hydrogens is 330 g/mol. The summed E-state index contributed by atoms with van der Waals surface area (Å²) in [7, 11) is 1.87. The van der Waals surface area contributed by atoms with Gasteiger partial charge in [0.05, 0.1) is 24.9 Å². The first-order valence-corrected chi connectivity index (χ1v) is 9.29. The van der Waals surface area contributed by atoms with Crippen LogP contribution in [0, 0.1) is 5.92 Å². The van der Waals surface area contributed by atoms with E-state index in [1.165, 1.54) is 5.56 Å². The molecule has 1 atom stereocenters. The normalized spacial score (nSPS) is 22.2. The molecule has 138 valence electrons. The van der Waals surface area contributed by atoms with E-state index in [1.807, 2.05) is 25.4 Å². The lowest BCUT2D eigenvalue weighted by atomic mass is 9.74. The number of carbonyl (C=O) groups is 1. The third-order valence-corrected chi connectivity index (χ3v) is 5.41. The van der Waals surface area contributed by atoms with Crippen molar-refractivity contribution in [1.82, 2.24) is 15.1 Å². The molecule has 2 aliphatic rings. The Kier molecular flexibility index (Phi) is 4.68. The molecule has 26 heavy (non-hydrogen) atoms. The second kappa shape index (κ2) is 7.11. The summed E-state index contributed by atoms with van der Waals surface area (Å²) in [6.45, 7) is 0.725. The summed E-state index contributed by atoms with van der Waals surface area (Å²) in [5.74, 6) is 1.27. The molecule has 1 fully saturated rings. The van der Waals surface area contributed by atoms with Gasteiger partial charge in [0, 0.05) is 26.1 Å². The van der Waals surface area contributed by atoms with Gasteiger partial charge in [0.1, 0.15) is 5.75 Å². The molecule has 0 bridgehead atoms. The van der Waals surface area contributed by atoms with Crippen molar-refractivity contribution in [2.75, 3.05) is 6.61 Å². The number of ether oxygens (including phenoxy) is 1. The minimum atomic E-state index is -0.243. The first kappa shape index (κ1) is 17.1. The largest absolute Gasteiger partial charge is 0.493 e. The zero-order valence-electron chi connectivity index (χ0n) is 15.0. The lowest BCUT2D eigenvalue weighted by molar-refractivity contribution is -0.123. The summed E-state index contributed by atoms with van der Waals surface area (Å²) < 4.78 is 7.33. The van der Waals surface area contributed by atoms with Crippen LogP contribution < -0.4 is 10.1 Å². The van der Waals surface area contributed by atoms with Crippen molar-refractivity contribution in [1.29, 1.82) is 0 Å². The first-order valence-electron chi connectivity index (χ1n) is 9.29. The first-order chi connectivity index (χ1) is 12.6. The molecule has 6 nitrogen and oxygen atoms in total. The van der Waals surface area contributed by atoms with Crippen LogP contribution in [0.5, 0.6) is 5.75 Å². The zero-order chi connectivity index (χ0) is 18.1. The third kappa shape index (κ3) is 3.60. The van der Waals surface area contributed by atoms with Gasteiger partial charge in [-0.1, -0.05) is 6.07 Å². The Morgan fingerprint density at radius 2 is 2.31 bits per heavy atom. The minimum absolute atomic E-state index is 0.0389. The standard InChI is InChI=1S/C20H25N3O3/c1-23-12-13(11-21-23)2-5-19(25)22-20(16-9-17(24)10-16)15-3-4-18-14(8-15)6-7-26-18/h3-4,8,11-12,16-17,20,24H,2,5-7,9-10H2,1H3,(H,22,25). The summed E-state index contributed by atoms with van der Waals surface area (Å²) >= 11 is 0. The summed E-state index contributed by atoms with van der Waals surface area (Å²) in [6, 6.07) is 6.15. The van der Waals surface area contributed by atoms with Crippen molar-refractivity contribution in [3.8, 4) is 5.75 Å². The maximum absolute atomic E-state index is 12.5. The second-order valence-electron chi connectivity index (χ2n) is 7.42. The molecule has 6 heteroatoms. The molecule has 2 aromatic rings. The lowest BCUT2D eigenvalue weighted by Gasteiger charge is -2.38.